The summed E-state index contributed by atoms with van der Waals surface area (Å²) in [5.74, 6) is -0.0527. The van der Waals surface area contributed by atoms with Gasteiger partial charge in [-0.1, -0.05) is 36.4 Å². The lowest BCUT2D eigenvalue weighted by Gasteiger charge is -2.34. The molecule has 7 nitrogen and oxygen atoms in total. The summed E-state index contributed by atoms with van der Waals surface area (Å²) in [6.45, 7) is 6.82. The average Bonchev–Trinajstić information content (AvgIpc) is 3.27. The number of hydrogen-bond acceptors (Lipinski definition) is 4. The Kier molecular flexibility index (Phi) is 6.13. The lowest BCUT2D eigenvalue weighted by molar-refractivity contribution is -0.117. The molecule has 31 heavy (non-hydrogen) atoms. The number of benzene rings is 2. The standard InChI is InChI=1S/C24H27N5O2/c1-18-7-6-8-19(2)23(18)26-22(30)17-27-11-13-28(14-12-27)24(31)20-15-25-29(16-20)21-9-4-3-5-10-21/h3-10,15-16H,11-14,17H2,1-2H3,(H,26,30). The minimum Gasteiger partial charge on any atom is -0.336 e. The summed E-state index contributed by atoms with van der Waals surface area (Å²) in [6, 6.07) is 15.7. The molecule has 2 amide bonds. The fourth-order valence-electron chi connectivity index (χ4n) is 3.84. The van der Waals surface area contributed by atoms with E-state index in [4.69, 9.17) is 0 Å². The molecule has 1 fully saturated rings. The number of carbonyl (C=O) groups excluding carboxylic acids is 2. The normalized spacial score (nSPS) is 14.5. The van der Waals surface area contributed by atoms with Crippen LogP contribution in [-0.4, -0.2) is 64.1 Å². The Hall–Kier alpha value is -3.45. The van der Waals surface area contributed by atoms with Gasteiger partial charge < -0.3 is 10.2 Å². The van der Waals surface area contributed by atoms with Crippen molar-refractivity contribution in [2.45, 2.75) is 13.8 Å². The Balaban J connectivity index is 1.30. The molecular weight excluding hydrogens is 390 g/mol. The summed E-state index contributed by atoms with van der Waals surface area (Å²) < 4.78 is 1.71. The van der Waals surface area contributed by atoms with Gasteiger partial charge in [0.1, 0.15) is 0 Å². The van der Waals surface area contributed by atoms with Gasteiger partial charge in [0.25, 0.3) is 5.91 Å². The van der Waals surface area contributed by atoms with E-state index in [1.54, 1.807) is 17.1 Å². The van der Waals surface area contributed by atoms with Gasteiger partial charge >= 0.3 is 0 Å². The van der Waals surface area contributed by atoms with Gasteiger partial charge in [0.15, 0.2) is 0 Å². The SMILES string of the molecule is Cc1cccc(C)c1NC(=O)CN1CCN(C(=O)c2cnn(-c3ccccc3)c2)CC1. The van der Waals surface area contributed by atoms with Crippen LogP contribution < -0.4 is 5.32 Å². The molecule has 0 atom stereocenters. The van der Waals surface area contributed by atoms with Crippen LogP contribution >= 0.6 is 0 Å². The third-order valence-electron chi connectivity index (χ3n) is 5.62. The van der Waals surface area contributed by atoms with E-state index < -0.39 is 0 Å². The fraction of sp³-hybridized carbons (Fsp3) is 0.292. The van der Waals surface area contributed by atoms with Crippen molar-refractivity contribution in [1.82, 2.24) is 19.6 Å². The molecule has 0 spiro atoms. The number of piperazine rings is 1. The monoisotopic (exact) mass is 417 g/mol. The Morgan fingerprint density at radius 3 is 2.29 bits per heavy atom. The zero-order valence-corrected chi connectivity index (χ0v) is 17.9. The molecule has 1 N–H and O–H groups in total. The van der Waals surface area contributed by atoms with Crippen molar-refractivity contribution < 1.29 is 9.59 Å². The van der Waals surface area contributed by atoms with Crippen LogP contribution in [0.2, 0.25) is 0 Å². The van der Waals surface area contributed by atoms with Gasteiger partial charge in [-0.05, 0) is 37.1 Å². The first-order valence-electron chi connectivity index (χ1n) is 10.5. The zero-order chi connectivity index (χ0) is 21.8. The van der Waals surface area contributed by atoms with E-state index in [1.807, 2.05) is 67.3 Å². The number of amides is 2. The van der Waals surface area contributed by atoms with Gasteiger partial charge in [0.05, 0.1) is 24.0 Å². The summed E-state index contributed by atoms with van der Waals surface area (Å²) in [6.07, 6.45) is 3.38. The molecule has 1 saturated heterocycles. The van der Waals surface area contributed by atoms with Crippen molar-refractivity contribution >= 4 is 17.5 Å². The number of aromatic nitrogens is 2. The van der Waals surface area contributed by atoms with Gasteiger partial charge in [-0.25, -0.2) is 4.68 Å². The van der Waals surface area contributed by atoms with Crippen molar-refractivity contribution in [3.05, 3.63) is 77.6 Å². The highest BCUT2D eigenvalue weighted by molar-refractivity contribution is 5.94. The lowest BCUT2D eigenvalue weighted by atomic mass is 10.1. The largest absolute Gasteiger partial charge is 0.336 e. The molecule has 0 bridgehead atoms. The number of rotatable bonds is 5. The maximum Gasteiger partial charge on any atom is 0.257 e. The summed E-state index contributed by atoms with van der Waals surface area (Å²) in [5.41, 5.74) is 4.49. The average molecular weight is 418 g/mol. The second-order valence-corrected chi connectivity index (χ2v) is 7.89. The van der Waals surface area contributed by atoms with Crippen LogP contribution in [0, 0.1) is 13.8 Å². The second-order valence-electron chi connectivity index (χ2n) is 7.89. The lowest BCUT2D eigenvalue weighted by Crippen LogP contribution is -2.50. The highest BCUT2D eigenvalue weighted by Gasteiger charge is 2.24. The maximum absolute atomic E-state index is 12.9. The molecule has 1 aliphatic heterocycles. The third-order valence-corrected chi connectivity index (χ3v) is 5.62. The number of nitrogens with zero attached hydrogens (tertiary/aromatic N) is 4. The molecular formula is C24H27N5O2. The molecule has 4 rings (SSSR count). The summed E-state index contributed by atoms with van der Waals surface area (Å²) in [5, 5.41) is 7.35. The zero-order valence-electron chi connectivity index (χ0n) is 17.9. The van der Waals surface area contributed by atoms with Gasteiger partial charge in [-0.2, -0.15) is 5.10 Å². The molecule has 0 aliphatic carbocycles. The van der Waals surface area contributed by atoms with Crippen LogP contribution in [0.5, 0.6) is 0 Å². The van der Waals surface area contributed by atoms with Crippen LogP contribution in [0.3, 0.4) is 0 Å². The van der Waals surface area contributed by atoms with Crippen molar-refractivity contribution in [3.63, 3.8) is 0 Å². The summed E-state index contributed by atoms with van der Waals surface area (Å²) >= 11 is 0. The molecule has 7 heteroatoms. The Morgan fingerprint density at radius 2 is 1.61 bits per heavy atom. The van der Waals surface area contributed by atoms with Crippen molar-refractivity contribution in [3.8, 4) is 5.69 Å². The molecule has 2 heterocycles. The van der Waals surface area contributed by atoms with Crippen LogP contribution in [-0.2, 0) is 4.79 Å². The maximum atomic E-state index is 12.9. The Labute approximate surface area is 182 Å². The van der Waals surface area contributed by atoms with Crippen LogP contribution in [0.25, 0.3) is 5.69 Å². The molecule has 3 aromatic rings. The topological polar surface area (TPSA) is 70.5 Å². The van der Waals surface area contributed by atoms with Crippen molar-refractivity contribution in [2.24, 2.45) is 0 Å². The molecule has 0 unspecified atom stereocenters. The quantitative estimate of drug-likeness (QED) is 0.693. The molecule has 0 radical (unpaired) electrons. The van der Waals surface area contributed by atoms with Crippen molar-refractivity contribution in [1.29, 1.82) is 0 Å². The number of aryl methyl sites for hydroxylation is 2. The van der Waals surface area contributed by atoms with Gasteiger partial charge in [-0.3, -0.25) is 14.5 Å². The number of para-hydroxylation sites is 2. The minimum atomic E-state index is -0.0266. The fourth-order valence-corrected chi connectivity index (χ4v) is 3.84. The first kappa shape index (κ1) is 20.8. The van der Waals surface area contributed by atoms with Crippen LogP contribution in [0.15, 0.2) is 60.9 Å². The molecule has 160 valence electrons. The van der Waals surface area contributed by atoms with Gasteiger partial charge in [0, 0.05) is 38.1 Å². The highest BCUT2D eigenvalue weighted by Crippen LogP contribution is 2.19. The second kappa shape index (κ2) is 9.14. The predicted octanol–water partition coefficient (Wildman–Crippen LogP) is 2.89. The molecule has 2 aromatic carbocycles. The highest BCUT2D eigenvalue weighted by atomic mass is 16.2. The van der Waals surface area contributed by atoms with Gasteiger partial charge in [-0.15, -0.1) is 0 Å². The smallest absolute Gasteiger partial charge is 0.257 e. The Morgan fingerprint density at radius 1 is 0.935 bits per heavy atom. The van der Waals surface area contributed by atoms with Crippen molar-refractivity contribution in [2.75, 3.05) is 38.0 Å². The number of nitrogens with one attached hydrogen (secondary N) is 1. The minimum absolute atomic E-state index is 0.0261. The predicted molar refractivity (Wildman–Crippen MR) is 120 cm³/mol. The molecule has 0 saturated carbocycles. The van der Waals surface area contributed by atoms with E-state index in [9.17, 15) is 9.59 Å². The Bertz CT molecular complexity index is 1050. The number of carbonyl (C=O) groups is 2. The van der Waals surface area contributed by atoms with Gasteiger partial charge in [0.2, 0.25) is 5.91 Å². The molecule has 1 aliphatic rings. The third kappa shape index (κ3) is 4.83. The van der Waals surface area contributed by atoms with Crippen LogP contribution in [0.4, 0.5) is 5.69 Å². The van der Waals surface area contributed by atoms with E-state index in [2.05, 4.69) is 15.3 Å². The number of anilines is 1. The van der Waals surface area contributed by atoms with E-state index in [0.717, 1.165) is 22.5 Å². The van der Waals surface area contributed by atoms with E-state index in [-0.39, 0.29) is 11.8 Å². The van der Waals surface area contributed by atoms with E-state index >= 15 is 0 Å². The summed E-state index contributed by atoms with van der Waals surface area (Å²) in [7, 11) is 0. The van der Waals surface area contributed by atoms with E-state index in [1.165, 1.54) is 0 Å². The first-order valence-corrected chi connectivity index (χ1v) is 10.5. The molecule has 1 aromatic heterocycles. The van der Waals surface area contributed by atoms with Crippen LogP contribution in [0.1, 0.15) is 21.5 Å². The van der Waals surface area contributed by atoms with E-state index in [0.29, 0.717) is 38.3 Å². The summed E-state index contributed by atoms with van der Waals surface area (Å²) in [4.78, 5) is 29.3. The first-order chi connectivity index (χ1) is 15.0. The number of hydrogen-bond donors (Lipinski definition) is 1.